The highest BCUT2D eigenvalue weighted by atomic mass is 19.4. The van der Waals surface area contributed by atoms with E-state index in [1.165, 1.54) is 53.8 Å². The van der Waals surface area contributed by atoms with Gasteiger partial charge in [-0.1, -0.05) is 6.07 Å². The number of fused-ring (bicyclic) bond motifs is 1. The number of aromatic nitrogens is 6. The Kier molecular flexibility index (Phi) is 6.01. The Morgan fingerprint density at radius 3 is 2.60 bits per heavy atom. The molecule has 0 unspecified atom stereocenters. The Morgan fingerprint density at radius 2 is 1.91 bits per heavy atom. The van der Waals surface area contributed by atoms with Gasteiger partial charge in [-0.25, -0.2) is 14.8 Å². The third kappa shape index (κ3) is 4.44. The molecule has 0 aliphatic rings. The zero-order valence-electron chi connectivity index (χ0n) is 18.9. The summed E-state index contributed by atoms with van der Waals surface area (Å²) >= 11 is 0. The van der Waals surface area contributed by atoms with Gasteiger partial charge in [0.05, 0.1) is 17.6 Å². The summed E-state index contributed by atoms with van der Waals surface area (Å²) in [6, 6.07) is 5.47. The van der Waals surface area contributed by atoms with E-state index in [0.717, 1.165) is 10.6 Å². The highest BCUT2D eigenvalue weighted by Crippen LogP contribution is 2.33. The van der Waals surface area contributed by atoms with Gasteiger partial charge in [0.1, 0.15) is 12.4 Å². The molecule has 4 aromatic heterocycles. The topological polar surface area (TPSA) is 117 Å². The molecule has 0 fully saturated rings. The summed E-state index contributed by atoms with van der Waals surface area (Å²) < 4.78 is 43.3. The molecule has 0 spiro atoms. The highest BCUT2D eigenvalue weighted by Gasteiger charge is 2.33. The Balaban J connectivity index is 1.61. The maximum absolute atomic E-state index is 13.2. The Bertz CT molecular complexity index is 1570. The van der Waals surface area contributed by atoms with Crippen molar-refractivity contribution in [1.29, 1.82) is 0 Å². The van der Waals surface area contributed by atoms with E-state index in [1.54, 1.807) is 6.92 Å². The first-order chi connectivity index (χ1) is 16.5. The maximum Gasteiger partial charge on any atom is 0.418 e. The number of aryl methyl sites for hydroxylation is 2. The summed E-state index contributed by atoms with van der Waals surface area (Å²) in [5.41, 5.74) is -1.54. The van der Waals surface area contributed by atoms with E-state index >= 15 is 0 Å². The van der Waals surface area contributed by atoms with Gasteiger partial charge in [0.25, 0.3) is 5.56 Å². The second-order valence-electron chi connectivity index (χ2n) is 7.75. The number of hydrogen-bond acceptors (Lipinski definition) is 6. The Hall–Kier alpha value is -4.29. The molecule has 0 aromatic carbocycles. The van der Waals surface area contributed by atoms with Crippen LogP contribution in [0.15, 0.2) is 46.4 Å². The molecule has 0 aliphatic carbocycles. The molecule has 4 rings (SSSR count). The van der Waals surface area contributed by atoms with Crippen LogP contribution < -0.4 is 16.6 Å². The minimum Gasteiger partial charge on any atom is -0.315 e. The number of nitrogens with zero attached hydrogens (tertiary/aromatic N) is 6. The average Bonchev–Trinajstić information content (AvgIpc) is 3.21. The summed E-state index contributed by atoms with van der Waals surface area (Å²) in [6.07, 6.45) is -2.00. The molecule has 10 nitrogen and oxygen atoms in total. The van der Waals surface area contributed by atoms with Crippen molar-refractivity contribution in [3.05, 3.63) is 68.9 Å². The van der Waals surface area contributed by atoms with Gasteiger partial charge in [0, 0.05) is 31.0 Å². The van der Waals surface area contributed by atoms with Crippen molar-refractivity contribution in [3.8, 4) is 11.3 Å². The molecule has 0 radical (unpaired) electrons. The molecule has 1 amide bonds. The molecule has 4 aromatic rings. The van der Waals surface area contributed by atoms with Crippen LogP contribution in [-0.4, -0.2) is 34.6 Å². The van der Waals surface area contributed by atoms with Gasteiger partial charge >= 0.3 is 11.9 Å². The number of hydrogen-bond donors (Lipinski definition) is 1. The summed E-state index contributed by atoms with van der Waals surface area (Å²) in [5, 5.41) is 2.57. The van der Waals surface area contributed by atoms with Crippen LogP contribution in [0, 0.1) is 6.92 Å². The van der Waals surface area contributed by atoms with Gasteiger partial charge in [-0.3, -0.25) is 23.7 Å². The van der Waals surface area contributed by atoms with Crippen LogP contribution in [0.2, 0.25) is 0 Å². The zero-order chi connectivity index (χ0) is 25.5. The normalized spacial score (nSPS) is 11.7. The molecule has 0 atom stereocenters. The first-order valence-corrected chi connectivity index (χ1v) is 10.5. The minimum absolute atomic E-state index is 0.0937. The van der Waals surface area contributed by atoms with E-state index < -0.39 is 28.9 Å². The van der Waals surface area contributed by atoms with Crippen molar-refractivity contribution in [1.82, 2.24) is 28.7 Å². The number of pyridine rings is 2. The maximum atomic E-state index is 13.2. The number of carbonyl (C=O) groups excluding carboxylic acids is 1. The molecule has 0 aliphatic heterocycles. The van der Waals surface area contributed by atoms with Crippen molar-refractivity contribution in [2.75, 3.05) is 5.32 Å². The third-order valence-electron chi connectivity index (χ3n) is 5.44. The Labute approximate surface area is 195 Å². The van der Waals surface area contributed by atoms with E-state index in [4.69, 9.17) is 0 Å². The van der Waals surface area contributed by atoms with E-state index in [0.29, 0.717) is 0 Å². The molecular formula is C22H20F3N7O3. The van der Waals surface area contributed by atoms with Gasteiger partial charge < -0.3 is 9.88 Å². The number of nitrogens with one attached hydrogen (secondary N) is 1. The monoisotopic (exact) mass is 487 g/mol. The quantitative estimate of drug-likeness (QED) is 0.462. The highest BCUT2D eigenvalue weighted by molar-refractivity contribution is 5.90. The smallest absolute Gasteiger partial charge is 0.315 e. The van der Waals surface area contributed by atoms with Crippen LogP contribution >= 0.6 is 0 Å². The lowest BCUT2D eigenvalue weighted by atomic mass is 10.1. The van der Waals surface area contributed by atoms with Crippen molar-refractivity contribution >= 4 is 22.9 Å². The molecular weight excluding hydrogens is 467 g/mol. The number of carbonyl (C=O) groups is 1. The minimum atomic E-state index is -4.56. The lowest BCUT2D eigenvalue weighted by Gasteiger charge is -2.12. The van der Waals surface area contributed by atoms with Gasteiger partial charge in [-0.05, 0) is 32.0 Å². The van der Waals surface area contributed by atoms with Crippen LogP contribution in [0.5, 0.6) is 0 Å². The molecule has 1 N–H and O–H groups in total. The van der Waals surface area contributed by atoms with Gasteiger partial charge in [-0.2, -0.15) is 13.2 Å². The summed E-state index contributed by atoms with van der Waals surface area (Å²) in [6.45, 7) is 2.77. The fraction of sp³-hybridized carbons (Fsp3) is 0.273. The van der Waals surface area contributed by atoms with Crippen LogP contribution in [0.1, 0.15) is 18.2 Å². The molecule has 4 heterocycles. The van der Waals surface area contributed by atoms with E-state index in [1.807, 2.05) is 0 Å². The number of alkyl halides is 3. The predicted molar refractivity (Wildman–Crippen MR) is 121 cm³/mol. The number of imidazole rings is 1. The van der Waals surface area contributed by atoms with Crippen molar-refractivity contribution in [3.63, 3.8) is 0 Å². The van der Waals surface area contributed by atoms with E-state index in [-0.39, 0.29) is 47.0 Å². The van der Waals surface area contributed by atoms with E-state index in [2.05, 4.69) is 20.3 Å². The predicted octanol–water partition coefficient (Wildman–Crippen LogP) is 2.34. The van der Waals surface area contributed by atoms with Crippen LogP contribution in [0.4, 0.5) is 19.0 Å². The Morgan fingerprint density at radius 1 is 1.17 bits per heavy atom. The second-order valence-corrected chi connectivity index (χ2v) is 7.75. The number of anilines is 1. The van der Waals surface area contributed by atoms with Gasteiger partial charge in [0.2, 0.25) is 5.91 Å². The first-order valence-electron chi connectivity index (χ1n) is 10.5. The van der Waals surface area contributed by atoms with Crippen molar-refractivity contribution < 1.29 is 18.0 Å². The molecule has 0 saturated carbocycles. The van der Waals surface area contributed by atoms with E-state index in [9.17, 15) is 27.6 Å². The molecule has 0 bridgehead atoms. The summed E-state index contributed by atoms with van der Waals surface area (Å²) in [4.78, 5) is 49.8. The fourth-order valence-corrected chi connectivity index (χ4v) is 3.68. The van der Waals surface area contributed by atoms with Crippen LogP contribution in [0.25, 0.3) is 22.4 Å². The van der Waals surface area contributed by atoms with Gasteiger partial charge in [-0.15, -0.1) is 0 Å². The fourth-order valence-electron chi connectivity index (χ4n) is 3.68. The molecule has 13 heteroatoms. The second kappa shape index (κ2) is 8.81. The summed E-state index contributed by atoms with van der Waals surface area (Å²) in [7, 11) is 1.48. The standard InChI is InChI=1S/C22H20F3N7O3/c1-4-32-20(34)18-19(30(3)21(32)35)27-11-31(18)10-17(33)29-16-7-5-6-15(28-16)13-8-14(22(23,24)25)12(2)26-9-13/h5-9,11H,4,10H2,1-3H3,(H,28,29,33). The van der Waals surface area contributed by atoms with Crippen LogP contribution in [0.3, 0.4) is 0 Å². The lowest BCUT2D eigenvalue weighted by molar-refractivity contribution is -0.138. The number of amides is 1. The van der Waals surface area contributed by atoms with Crippen molar-refractivity contribution in [2.45, 2.75) is 33.1 Å². The SMILES string of the molecule is CCn1c(=O)c2c(ncn2CC(=O)Nc2cccc(-c3cnc(C)c(C(F)(F)F)c3)n2)n(C)c1=O. The first kappa shape index (κ1) is 23.9. The third-order valence-corrected chi connectivity index (χ3v) is 5.44. The molecule has 182 valence electrons. The summed E-state index contributed by atoms with van der Waals surface area (Å²) in [5.74, 6) is -0.451. The number of halogens is 3. The molecule has 0 saturated heterocycles. The van der Waals surface area contributed by atoms with Crippen molar-refractivity contribution in [2.24, 2.45) is 7.05 Å². The average molecular weight is 487 g/mol. The van der Waals surface area contributed by atoms with Gasteiger partial charge in [0.15, 0.2) is 11.2 Å². The zero-order valence-corrected chi connectivity index (χ0v) is 18.9. The lowest BCUT2D eigenvalue weighted by Crippen LogP contribution is -2.39. The van der Waals surface area contributed by atoms with Crippen LogP contribution in [-0.2, 0) is 31.1 Å². The number of rotatable bonds is 5. The largest absolute Gasteiger partial charge is 0.418 e. The molecule has 35 heavy (non-hydrogen) atoms.